The Bertz CT molecular complexity index is 1240. The number of nitrogens with one attached hydrogen (secondary N) is 1. The number of halogens is 1. The number of aromatic nitrogens is 2. The standard InChI is InChI=1S/C25H26BrN3OS/c1-17-28-23-15-19(7-8-24(23)31-17)30-14-3-2-11-29-12-9-18(10-13-29)21-16-27-25-20(21)5-4-6-22(25)26/h4-9,15-16,27H,2-3,10-14H2,1H3. The molecule has 0 bridgehead atoms. The van der Waals surface area contributed by atoms with Crippen LogP contribution in [0.1, 0.15) is 29.8 Å². The van der Waals surface area contributed by atoms with Crippen LogP contribution in [0.15, 0.2) is 53.1 Å². The number of rotatable bonds is 7. The Balaban J connectivity index is 1.09. The highest BCUT2D eigenvalue weighted by molar-refractivity contribution is 9.10. The van der Waals surface area contributed by atoms with E-state index in [1.807, 2.05) is 6.92 Å². The molecule has 5 rings (SSSR count). The van der Waals surface area contributed by atoms with Crippen molar-refractivity contribution < 1.29 is 4.74 Å². The van der Waals surface area contributed by atoms with Crippen molar-refractivity contribution in [2.45, 2.75) is 26.2 Å². The highest BCUT2D eigenvalue weighted by Crippen LogP contribution is 2.32. The van der Waals surface area contributed by atoms with Crippen molar-refractivity contribution in [2.75, 3.05) is 26.2 Å². The van der Waals surface area contributed by atoms with Crippen molar-refractivity contribution >= 4 is 54.0 Å². The SMILES string of the molecule is Cc1nc2cc(OCCCCN3CC=C(c4c[nH]c5c(Br)cccc45)CC3)ccc2s1. The smallest absolute Gasteiger partial charge is 0.121 e. The summed E-state index contributed by atoms with van der Waals surface area (Å²) in [4.78, 5) is 10.5. The maximum atomic E-state index is 5.96. The molecule has 1 N–H and O–H groups in total. The fraction of sp³-hybridized carbons (Fsp3) is 0.320. The molecule has 0 spiro atoms. The normalized spacial score (nSPS) is 15.0. The predicted molar refractivity (Wildman–Crippen MR) is 134 cm³/mol. The van der Waals surface area contributed by atoms with Gasteiger partial charge in [-0.15, -0.1) is 11.3 Å². The molecule has 2 aromatic heterocycles. The van der Waals surface area contributed by atoms with Crippen LogP contribution in [0.3, 0.4) is 0 Å². The van der Waals surface area contributed by atoms with E-state index in [-0.39, 0.29) is 0 Å². The second-order valence-electron chi connectivity index (χ2n) is 8.06. The van der Waals surface area contributed by atoms with E-state index in [4.69, 9.17) is 4.74 Å². The molecule has 4 aromatic rings. The summed E-state index contributed by atoms with van der Waals surface area (Å²) in [5.74, 6) is 0.925. The molecule has 6 heteroatoms. The molecule has 4 nitrogen and oxygen atoms in total. The third-order valence-corrected chi connectivity index (χ3v) is 7.52. The summed E-state index contributed by atoms with van der Waals surface area (Å²) in [6.45, 7) is 6.07. The lowest BCUT2D eigenvalue weighted by molar-refractivity contribution is 0.265. The van der Waals surface area contributed by atoms with Crippen LogP contribution in [0.25, 0.3) is 26.7 Å². The first-order valence-electron chi connectivity index (χ1n) is 10.8. The van der Waals surface area contributed by atoms with Crippen molar-refractivity contribution in [1.29, 1.82) is 0 Å². The second kappa shape index (κ2) is 9.15. The quantitative estimate of drug-likeness (QED) is 0.286. The van der Waals surface area contributed by atoms with Gasteiger partial charge in [0.1, 0.15) is 5.75 Å². The lowest BCUT2D eigenvalue weighted by Gasteiger charge is -2.26. The minimum atomic E-state index is 0.758. The first-order valence-corrected chi connectivity index (χ1v) is 12.5. The average molecular weight is 496 g/mol. The number of aryl methyl sites for hydroxylation is 1. The first kappa shape index (κ1) is 20.7. The number of unbranched alkanes of at least 4 members (excludes halogenated alkanes) is 1. The van der Waals surface area contributed by atoms with Gasteiger partial charge in [-0.25, -0.2) is 4.98 Å². The van der Waals surface area contributed by atoms with Gasteiger partial charge in [-0.3, -0.25) is 4.90 Å². The molecular weight excluding hydrogens is 470 g/mol. The van der Waals surface area contributed by atoms with Crippen LogP contribution in [0.2, 0.25) is 0 Å². The molecule has 160 valence electrons. The third kappa shape index (κ3) is 4.56. The first-order chi connectivity index (χ1) is 15.2. The number of aromatic amines is 1. The number of fused-ring (bicyclic) bond motifs is 2. The number of hydrogen-bond acceptors (Lipinski definition) is 4. The predicted octanol–water partition coefficient (Wildman–Crippen LogP) is 6.80. The van der Waals surface area contributed by atoms with Gasteiger partial charge >= 0.3 is 0 Å². The molecule has 0 fully saturated rings. The van der Waals surface area contributed by atoms with Crippen LogP contribution >= 0.6 is 27.3 Å². The van der Waals surface area contributed by atoms with Crippen LogP contribution in [0, 0.1) is 6.92 Å². The van der Waals surface area contributed by atoms with Gasteiger partial charge in [0.15, 0.2) is 0 Å². The highest BCUT2D eigenvalue weighted by atomic mass is 79.9. The van der Waals surface area contributed by atoms with E-state index in [1.54, 1.807) is 11.3 Å². The summed E-state index contributed by atoms with van der Waals surface area (Å²) >= 11 is 5.37. The number of hydrogen-bond donors (Lipinski definition) is 1. The average Bonchev–Trinajstić information content (AvgIpc) is 3.37. The molecule has 1 aliphatic heterocycles. The Labute approximate surface area is 195 Å². The zero-order valence-electron chi connectivity index (χ0n) is 17.7. The van der Waals surface area contributed by atoms with Gasteiger partial charge in [0.2, 0.25) is 0 Å². The summed E-state index contributed by atoms with van der Waals surface area (Å²) in [6, 6.07) is 12.6. The fourth-order valence-electron chi connectivity index (χ4n) is 4.28. The van der Waals surface area contributed by atoms with E-state index in [0.29, 0.717) is 0 Å². The maximum Gasteiger partial charge on any atom is 0.121 e. The second-order valence-corrected chi connectivity index (χ2v) is 10.2. The minimum absolute atomic E-state index is 0.758. The summed E-state index contributed by atoms with van der Waals surface area (Å²) < 4.78 is 8.30. The Morgan fingerprint density at radius 1 is 1.23 bits per heavy atom. The van der Waals surface area contributed by atoms with Crippen LogP contribution < -0.4 is 4.74 Å². The Morgan fingerprint density at radius 2 is 2.16 bits per heavy atom. The molecule has 3 heterocycles. The molecule has 0 atom stereocenters. The molecule has 31 heavy (non-hydrogen) atoms. The Hall–Kier alpha value is -2.15. The fourth-order valence-corrected chi connectivity index (χ4v) is 5.57. The van der Waals surface area contributed by atoms with Gasteiger partial charge in [-0.1, -0.05) is 18.2 Å². The summed E-state index contributed by atoms with van der Waals surface area (Å²) in [5, 5.41) is 2.40. The highest BCUT2D eigenvalue weighted by Gasteiger charge is 2.16. The Kier molecular flexibility index (Phi) is 6.12. The van der Waals surface area contributed by atoms with Gasteiger partial charge in [0.05, 0.1) is 27.3 Å². The van der Waals surface area contributed by atoms with Gasteiger partial charge in [-0.05, 0) is 72.4 Å². The number of nitrogens with zero attached hydrogens (tertiary/aromatic N) is 2. The molecule has 0 aliphatic carbocycles. The van der Waals surface area contributed by atoms with Gasteiger partial charge < -0.3 is 9.72 Å². The maximum absolute atomic E-state index is 5.96. The third-order valence-electron chi connectivity index (χ3n) is 5.91. The van der Waals surface area contributed by atoms with E-state index >= 15 is 0 Å². The molecular formula is C25H26BrN3OS. The minimum Gasteiger partial charge on any atom is -0.494 e. The molecule has 0 amide bonds. The number of para-hydroxylation sites is 1. The van der Waals surface area contributed by atoms with E-state index in [0.717, 1.165) is 66.3 Å². The van der Waals surface area contributed by atoms with Crippen LogP contribution in [-0.2, 0) is 0 Å². The van der Waals surface area contributed by atoms with Crippen molar-refractivity contribution in [3.63, 3.8) is 0 Å². The van der Waals surface area contributed by atoms with Gasteiger partial charge in [0.25, 0.3) is 0 Å². The zero-order chi connectivity index (χ0) is 21.2. The summed E-state index contributed by atoms with van der Waals surface area (Å²) in [6.07, 6.45) is 7.87. The lowest BCUT2D eigenvalue weighted by Crippen LogP contribution is -2.29. The van der Waals surface area contributed by atoms with E-state index in [9.17, 15) is 0 Å². The molecule has 2 aromatic carbocycles. The van der Waals surface area contributed by atoms with Gasteiger partial charge in [0, 0.05) is 40.8 Å². The summed E-state index contributed by atoms with van der Waals surface area (Å²) in [7, 11) is 0. The zero-order valence-corrected chi connectivity index (χ0v) is 20.1. The van der Waals surface area contributed by atoms with Crippen LogP contribution in [0.4, 0.5) is 0 Å². The van der Waals surface area contributed by atoms with E-state index in [1.165, 1.54) is 26.7 Å². The van der Waals surface area contributed by atoms with Crippen molar-refractivity contribution in [2.24, 2.45) is 0 Å². The van der Waals surface area contributed by atoms with Crippen molar-refractivity contribution in [3.05, 3.63) is 63.7 Å². The largest absolute Gasteiger partial charge is 0.494 e. The van der Waals surface area contributed by atoms with Gasteiger partial charge in [-0.2, -0.15) is 0 Å². The van der Waals surface area contributed by atoms with Crippen LogP contribution in [0.5, 0.6) is 5.75 Å². The van der Waals surface area contributed by atoms with Crippen molar-refractivity contribution in [3.8, 4) is 5.75 Å². The monoisotopic (exact) mass is 495 g/mol. The molecule has 0 saturated heterocycles. The number of ether oxygens (including phenoxy) is 1. The Morgan fingerprint density at radius 3 is 3.03 bits per heavy atom. The van der Waals surface area contributed by atoms with Crippen LogP contribution in [-0.4, -0.2) is 41.1 Å². The molecule has 0 saturated carbocycles. The molecule has 1 aliphatic rings. The topological polar surface area (TPSA) is 41.1 Å². The van der Waals surface area contributed by atoms with E-state index < -0.39 is 0 Å². The van der Waals surface area contributed by atoms with E-state index in [2.05, 4.69) is 79.5 Å². The molecule has 0 unspecified atom stereocenters. The van der Waals surface area contributed by atoms with Crippen molar-refractivity contribution in [1.82, 2.24) is 14.9 Å². The number of H-pyrrole nitrogens is 1. The number of benzene rings is 2. The number of thiazole rings is 1. The summed E-state index contributed by atoms with van der Waals surface area (Å²) in [5.41, 5.74) is 5.02. The lowest BCUT2D eigenvalue weighted by atomic mass is 9.99. The molecule has 0 radical (unpaired) electrons.